The molecule has 4 atom stereocenters. The van der Waals surface area contributed by atoms with Gasteiger partial charge in [0.05, 0.1) is 0 Å². The molecule has 4 unspecified atom stereocenters. The topological polar surface area (TPSA) is 0 Å². The second-order valence-electron chi connectivity index (χ2n) is 5.86. The first kappa shape index (κ1) is 22.7. The van der Waals surface area contributed by atoms with E-state index in [1.807, 2.05) is 0 Å². The van der Waals surface area contributed by atoms with Crippen LogP contribution in [-0.2, 0) is 6.42 Å². The predicted molar refractivity (Wildman–Crippen MR) is 123 cm³/mol. The van der Waals surface area contributed by atoms with E-state index < -0.39 is 0 Å². The molecule has 0 heterocycles. The van der Waals surface area contributed by atoms with Gasteiger partial charge in [-0.2, -0.15) is 0 Å². The first-order chi connectivity index (χ1) is 11.1. The summed E-state index contributed by atoms with van der Waals surface area (Å²) in [6, 6.07) is 10.7. The van der Waals surface area contributed by atoms with Gasteiger partial charge >= 0.3 is 0 Å². The molecular weight excluding hydrogens is 616 g/mol. The molecule has 0 aromatic heterocycles. The first-order valence-corrected chi connectivity index (χ1v) is 13.0. The lowest BCUT2D eigenvalue weighted by molar-refractivity contribution is 0.589. The monoisotopic (exact) mass is 636 g/mol. The maximum absolute atomic E-state index is 3.89. The predicted octanol–water partition coefficient (Wildman–Crippen LogP) is 8.02. The third kappa shape index (κ3) is 9.77. The molecule has 1 aromatic rings. The molecule has 23 heavy (non-hydrogen) atoms. The van der Waals surface area contributed by atoms with E-state index in [2.05, 4.69) is 110 Å². The number of hydrogen-bond donors (Lipinski definition) is 0. The summed E-state index contributed by atoms with van der Waals surface area (Å²) in [5.41, 5.74) is 1.37. The highest BCUT2D eigenvalue weighted by Crippen LogP contribution is 2.32. The van der Waals surface area contributed by atoms with Gasteiger partial charge in [0.25, 0.3) is 0 Å². The van der Waals surface area contributed by atoms with Crippen LogP contribution in [-0.4, -0.2) is 24.6 Å². The Balaban J connectivity index is 2.29. The lowest BCUT2D eigenvalue weighted by atomic mass is 10.0. The molecule has 0 radical (unpaired) electrons. The summed E-state index contributed by atoms with van der Waals surface area (Å²) in [4.78, 5) is 1.71. The zero-order valence-electron chi connectivity index (χ0n) is 13.2. The van der Waals surface area contributed by atoms with E-state index in [0.29, 0.717) is 19.3 Å². The van der Waals surface area contributed by atoms with Crippen molar-refractivity contribution >= 4 is 79.6 Å². The number of benzene rings is 1. The smallest absolute Gasteiger partial charge is 0.0410 e. The van der Waals surface area contributed by atoms with Crippen LogP contribution in [0, 0.1) is 0 Å². The van der Waals surface area contributed by atoms with Crippen LogP contribution in [0.5, 0.6) is 0 Å². The maximum atomic E-state index is 3.89. The van der Waals surface area contributed by atoms with Gasteiger partial charge in [0, 0.05) is 24.6 Å². The van der Waals surface area contributed by atoms with Gasteiger partial charge in [-0.3, -0.25) is 0 Å². The molecule has 0 fully saturated rings. The molecule has 5 heteroatoms. The molecule has 0 nitrogen and oxygen atoms in total. The molecule has 0 amide bonds. The fraction of sp³-hybridized carbons (Fsp3) is 0.667. The molecule has 0 aliphatic carbocycles. The fourth-order valence-corrected chi connectivity index (χ4v) is 6.23. The van der Waals surface area contributed by atoms with Crippen LogP contribution in [0.15, 0.2) is 30.3 Å². The average molecular weight is 641 g/mol. The Kier molecular flexibility index (Phi) is 13.6. The van der Waals surface area contributed by atoms with Gasteiger partial charge in [-0.1, -0.05) is 136 Å². The third-order valence-electron chi connectivity index (χ3n) is 3.88. The van der Waals surface area contributed by atoms with Crippen molar-refractivity contribution < 1.29 is 0 Å². The van der Waals surface area contributed by atoms with Gasteiger partial charge in [-0.25, -0.2) is 0 Å². The molecule has 1 rings (SSSR count). The van der Waals surface area contributed by atoms with Crippen molar-refractivity contribution in [3.8, 4) is 0 Å². The SMILES string of the molecule is BrCCCCCCCC(Br)C(Br)C(Br)C(Br)Cc1ccccc1. The van der Waals surface area contributed by atoms with Crippen LogP contribution in [0.25, 0.3) is 0 Å². The lowest BCUT2D eigenvalue weighted by Crippen LogP contribution is -2.32. The minimum Gasteiger partial charge on any atom is -0.0928 e. The summed E-state index contributed by atoms with van der Waals surface area (Å²) in [5.74, 6) is 0. The van der Waals surface area contributed by atoms with Crippen molar-refractivity contribution in [3.63, 3.8) is 0 Å². The summed E-state index contributed by atoms with van der Waals surface area (Å²) in [6.45, 7) is 0. The number of halogens is 5. The molecule has 1 aromatic carbocycles. The Labute approximate surface area is 183 Å². The lowest BCUT2D eigenvalue weighted by Gasteiger charge is -2.26. The van der Waals surface area contributed by atoms with Crippen LogP contribution in [0.2, 0.25) is 0 Å². The number of hydrogen-bond acceptors (Lipinski definition) is 0. The Bertz CT molecular complexity index is 398. The van der Waals surface area contributed by atoms with Gasteiger partial charge in [0.15, 0.2) is 0 Å². The average Bonchev–Trinajstić information content (AvgIpc) is 2.57. The van der Waals surface area contributed by atoms with E-state index in [0.717, 1.165) is 11.8 Å². The summed E-state index contributed by atoms with van der Waals surface area (Å²) < 4.78 is 0. The standard InChI is InChI=1S/C18H25Br5/c19-12-8-3-1-2-7-11-15(20)17(22)18(23)16(21)13-14-9-5-4-6-10-14/h4-6,9-10,15-18H,1-3,7-8,11-13H2. The minimum absolute atomic E-state index is 0.389. The summed E-state index contributed by atoms with van der Waals surface area (Å²) in [5, 5.41) is 1.14. The van der Waals surface area contributed by atoms with Crippen LogP contribution < -0.4 is 0 Å². The van der Waals surface area contributed by atoms with Crippen molar-refractivity contribution in [2.24, 2.45) is 0 Å². The van der Waals surface area contributed by atoms with Gasteiger partial charge in [-0.15, -0.1) is 0 Å². The van der Waals surface area contributed by atoms with Gasteiger partial charge < -0.3 is 0 Å². The fourth-order valence-electron chi connectivity index (χ4n) is 2.47. The van der Waals surface area contributed by atoms with Gasteiger partial charge in [0.1, 0.15) is 0 Å². The maximum Gasteiger partial charge on any atom is 0.0410 e. The Morgan fingerprint density at radius 2 is 1.26 bits per heavy atom. The Morgan fingerprint density at radius 3 is 1.91 bits per heavy atom. The molecule has 0 N–H and O–H groups in total. The molecule has 0 saturated carbocycles. The van der Waals surface area contributed by atoms with Crippen molar-refractivity contribution in [2.75, 3.05) is 5.33 Å². The second kappa shape index (κ2) is 13.8. The number of rotatable bonds is 12. The zero-order valence-corrected chi connectivity index (χ0v) is 21.2. The largest absolute Gasteiger partial charge is 0.0928 e. The number of alkyl halides is 5. The van der Waals surface area contributed by atoms with Crippen LogP contribution in [0.4, 0.5) is 0 Å². The second-order valence-corrected chi connectivity index (χ2v) is 11.1. The summed E-state index contributed by atoms with van der Waals surface area (Å²) >= 11 is 19.0. The highest BCUT2D eigenvalue weighted by molar-refractivity contribution is 9.14. The van der Waals surface area contributed by atoms with Crippen molar-refractivity contribution in [1.82, 2.24) is 0 Å². The third-order valence-corrected chi connectivity index (χ3v) is 10.9. The van der Waals surface area contributed by atoms with Gasteiger partial charge in [0.2, 0.25) is 0 Å². The first-order valence-electron chi connectivity index (χ1n) is 8.22. The van der Waals surface area contributed by atoms with Gasteiger partial charge in [-0.05, 0) is 24.8 Å². The quantitative estimate of drug-likeness (QED) is 0.160. The van der Waals surface area contributed by atoms with Crippen molar-refractivity contribution in [2.45, 2.75) is 64.3 Å². The van der Waals surface area contributed by atoms with E-state index >= 15 is 0 Å². The van der Waals surface area contributed by atoms with Crippen LogP contribution in [0.3, 0.4) is 0 Å². The molecule has 0 aliphatic heterocycles. The van der Waals surface area contributed by atoms with Crippen LogP contribution >= 0.6 is 79.6 Å². The Morgan fingerprint density at radius 1 is 0.696 bits per heavy atom. The van der Waals surface area contributed by atoms with Crippen molar-refractivity contribution in [1.29, 1.82) is 0 Å². The molecular formula is C18H25Br5. The molecule has 0 spiro atoms. The van der Waals surface area contributed by atoms with E-state index in [1.165, 1.54) is 44.1 Å². The van der Waals surface area contributed by atoms with E-state index in [9.17, 15) is 0 Å². The van der Waals surface area contributed by atoms with E-state index in [-0.39, 0.29) is 0 Å². The highest BCUT2D eigenvalue weighted by atomic mass is 79.9. The highest BCUT2D eigenvalue weighted by Gasteiger charge is 2.28. The zero-order chi connectivity index (χ0) is 17.1. The van der Waals surface area contributed by atoms with Crippen LogP contribution in [0.1, 0.15) is 44.1 Å². The van der Waals surface area contributed by atoms with E-state index in [1.54, 1.807) is 0 Å². The Hall–Kier alpha value is 1.62. The normalized spacial score (nSPS) is 16.7. The summed E-state index contributed by atoms with van der Waals surface area (Å²) in [7, 11) is 0. The van der Waals surface area contributed by atoms with Crippen molar-refractivity contribution in [3.05, 3.63) is 35.9 Å². The molecule has 0 aliphatic rings. The molecule has 132 valence electrons. The molecule has 0 saturated heterocycles. The molecule has 0 bridgehead atoms. The summed E-state index contributed by atoms with van der Waals surface area (Å²) in [6.07, 6.45) is 8.88. The number of unbranched alkanes of at least 4 members (excludes halogenated alkanes) is 4. The van der Waals surface area contributed by atoms with E-state index in [4.69, 9.17) is 0 Å². The minimum atomic E-state index is 0.389.